The third-order valence-electron chi connectivity index (χ3n) is 8.29. The van der Waals surface area contributed by atoms with Crippen LogP contribution in [0.1, 0.15) is 31.8 Å². The van der Waals surface area contributed by atoms with E-state index in [0.29, 0.717) is 27.5 Å². The molecule has 0 atom stereocenters. The van der Waals surface area contributed by atoms with E-state index in [2.05, 4.69) is 0 Å². The van der Waals surface area contributed by atoms with Gasteiger partial charge in [-0.25, -0.2) is 0 Å². The predicted molar refractivity (Wildman–Crippen MR) is 158 cm³/mol. The minimum atomic E-state index is -0.613. The Balaban J connectivity index is 1.55. The number of ketones is 2. The van der Waals surface area contributed by atoms with Crippen LogP contribution in [0.2, 0.25) is 0 Å². The van der Waals surface area contributed by atoms with Crippen molar-refractivity contribution in [3.8, 4) is 33.4 Å². The van der Waals surface area contributed by atoms with Crippen LogP contribution in [0.5, 0.6) is 0 Å². The maximum absolute atomic E-state index is 13.5. The van der Waals surface area contributed by atoms with E-state index in [1.165, 1.54) is 18.2 Å². The van der Waals surface area contributed by atoms with E-state index in [-0.39, 0.29) is 45.0 Å². The van der Waals surface area contributed by atoms with Gasteiger partial charge in [0, 0.05) is 39.1 Å². The molecule has 0 spiro atoms. The molecule has 2 aliphatic rings. The number of nitro benzene ring substituents is 2. The van der Waals surface area contributed by atoms with Crippen LogP contribution in [0.3, 0.4) is 0 Å². The van der Waals surface area contributed by atoms with Crippen molar-refractivity contribution in [3.05, 3.63) is 140 Å². The first-order chi connectivity index (χ1) is 20.3. The van der Waals surface area contributed by atoms with Crippen molar-refractivity contribution in [2.45, 2.75) is 0 Å². The van der Waals surface area contributed by atoms with Gasteiger partial charge in [-0.3, -0.25) is 29.8 Å². The lowest BCUT2D eigenvalue weighted by atomic mass is 9.78. The monoisotopic (exact) mass is 548 g/mol. The summed E-state index contributed by atoms with van der Waals surface area (Å²) in [5.41, 5.74) is 3.01. The normalized spacial score (nSPS) is 12.8. The smallest absolute Gasteiger partial charge is 0.285 e. The van der Waals surface area contributed by atoms with Crippen molar-refractivity contribution in [1.82, 2.24) is 0 Å². The molecule has 0 aliphatic heterocycles. The first-order valence-electron chi connectivity index (χ1n) is 13.1. The molecule has 6 aromatic rings. The minimum absolute atomic E-state index is 0.0508. The van der Waals surface area contributed by atoms with E-state index in [1.807, 2.05) is 30.3 Å². The zero-order valence-electron chi connectivity index (χ0n) is 21.6. The van der Waals surface area contributed by atoms with Crippen molar-refractivity contribution in [2.24, 2.45) is 0 Å². The Bertz CT molecular complexity index is 2300. The Morgan fingerprint density at radius 2 is 1.07 bits per heavy atom. The summed E-state index contributed by atoms with van der Waals surface area (Å²) in [5.74, 6) is -0.503. The fourth-order valence-corrected chi connectivity index (χ4v) is 6.62. The molecule has 0 fully saturated rings. The Morgan fingerprint density at radius 1 is 0.476 bits per heavy atom. The number of carbonyl (C=O) groups is 2. The number of nitro groups is 2. The van der Waals surface area contributed by atoms with Gasteiger partial charge in [-0.1, -0.05) is 66.7 Å². The van der Waals surface area contributed by atoms with Crippen LogP contribution in [0.4, 0.5) is 11.4 Å². The highest BCUT2D eigenvalue weighted by Crippen LogP contribution is 2.52. The molecule has 2 aliphatic carbocycles. The molecule has 0 unspecified atom stereocenters. The highest BCUT2D eigenvalue weighted by atomic mass is 16.6. The van der Waals surface area contributed by atoms with Crippen molar-refractivity contribution in [2.75, 3.05) is 0 Å². The molecule has 0 amide bonds. The fraction of sp³-hybridized carbons (Fsp3) is 0. The summed E-state index contributed by atoms with van der Waals surface area (Å²) in [5, 5.41) is 27.5. The van der Waals surface area contributed by atoms with Gasteiger partial charge in [0.1, 0.15) is 0 Å². The van der Waals surface area contributed by atoms with Gasteiger partial charge in [0.15, 0.2) is 11.6 Å². The molecule has 0 radical (unpaired) electrons. The van der Waals surface area contributed by atoms with Gasteiger partial charge in [-0.15, -0.1) is 0 Å². The van der Waals surface area contributed by atoms with Crippen LogP contribution in [0, 0.1) is 20.2 Å². The maximum atomic E-state index is 13.5. The van der Waals surface area contributed by atoms with Crippen LogP contribution >= 0.6 is 0 Å². The Morgan fingerprint density at radius 3 is 1.79 bits per heavy atom. The number of benzene rings is 6. The molecule has 8 nitrogen and oxygen atoms in total. The molecule has 198 valence electrons. The lowest BCUT2D eigenvalue weighted by Crippen LogP contribution is -2.13. The van der Waals surface area contributed by atoms with Gasteiger partial charge < -0.3 is 0 Å². The molecule has 0 bridgehead atoms. The minimum Gasteiger partial charge on any atom is -0.289 e. The average molecular weight is 549 g/mol. The second-order valence-electron chi connectivity index (χ2n) is 10.4. The van der Waals surface area contributed by atoms with Gasteiger partial charge in [0.25, 0.3) is 11.4 Å². The molecule has 0 saturated heterocycles. The zero-order chi connectivity index (χ0) is 28.9. The van der Waals surface area contributed by atoms with Crippen molar-refractivity contribution >= 4 is 44.5 Å². The molecular formula is C34H16N2O6. The molecule has 0 aromatic heterocycles. The Labute approximate surface area is 236 Å². The molecule has 0 N–H and O–H groups in total. The molecule has 6 aromatic carbocycles. The van der Waals surface area contributed by atoms with E-state index in [1.54, 1.807) is 48.5 Å². The Kier molecular flexibility index (Phi) is 4.68. The summed E-state index contributed by atoms with van der Waals surface area (Å²) in [4.78, 5) is 50.8. The largest absolute Gasteiger partial charge is 0.289 e. The molecule has 0 saturated carbocycles. The van der Waals surface area contributed by atoms with Crippen LogP contribution in [0.25, 0.3) is 54.9 Å². The van der Waals surface area contributed by atoms with Gasteiger partial charge >= 0.3 is 0 Å². The molecular weight excluding hydrogens is 532 g/mol. The van der Waals surface area contributed by atoms with Crippen LogP contribution in [0.15, 0.2) is 97.1 Å². The van der Waals surface area contributed by atoms with Crippen LogP contribution in [-0.2, 0) is 0 Å². The lowest BCUT2D eigenvalue weighted by Gasteiger charge is -2.23. The molecule has 42 heavy (non-hydrogen) atoms. The highest BCUT2D eigenvalue weighted by Gasteiger charge is 2.38. The highest BCUT2D eigenvalue weighted by molar-refractivity contribution is 6.30. The summed E-state index contributed by atoms with van der Waals surface area (Å²) in [6.07, 6.45) is 0. The summed E-state index contributed by atoms with van der Waals surface area (Å²) in [6, 6.07) is 27.2. The van der Waals surface area contributed by atoms with Gasteiger partial charge in [-0.05, 0) is 51.7 Å². The second-order valence-corrected chi connectivity index (χ2v) is 10.4. The van der Waals surface area contributed by atoms with E-state index >= 15 is 0 Å². The number of hydrogen-bond acceptors (Lipinski definition) is 6. The van der Waals surface area contributed by atoms with Crippen LogP contribution in [-0.4, -0.2) is 21.4 Å². The second kappa shape index (κ2) is 8.25. The molecule has 0 heterocycles. The number of nitrogens with zero attached hydrogens (tertiary/aromatic N) is 2. The number of fused-ring (bicyclic) bond motifs is 4. The number of rotatable bonds is 3. The zero-order valence-corrected chi connectivity index (χ0v) is 21.6. The SMILES string of the molecule is O=C1c2ccccc2-c2cc(-c3cc4cccc5c4c(c3[N+](=O)[O-])-c3c(cccc3[N+](=O)[O-])C5=O)cc3cccc1c23. The van der Waals surface area contributed by atoms with E-state index in [4.69, 9.17) is 0 Å². The fourth-order valence-electron chi connectivity index (χ4n) is 6.62. The summed E-state index contributed by atoms with van der Waals surface area (Å²) in [7, 11) is 0. The first kappa shape index (κ1) is 23.8. The van der Waals surface area contributed by atoms with Crippen LogP contribution < -0.4 is 0 Å². The van der Waals surface area contributed by atoms with Gasteiger partial charge in [0.05, 0.1) is 26.5 Å². The van der Waals surface area contributed by atoms with E-state index in [9.17, 15) is 29.8 Å². The third-order valence-corrected chi connectivity index (χ3v) is 8.29. The van der Waals surface area contributed by atoms with Crippen molar-refractivity contribution in [1.29, 1.82) is 0 Å². The average Bonchev–Trinajstić information content (AvgIpc) is 3.00. The van der Waals surface area contributed by atoms with Gasteiger partial charge in [-0.2, -0.15) is 0 Å². The first-order valence-corrected chi connectivity index (χ1v) is 13.1. The van der Waals surface area contributed by atoms with Crippen molar-refractivity contribution in [3.63, 3.8) is 0 Å². The summed E-state index contributed by atoms with van der Waals surface area (Å²) >= 11 is 0. The third kappa shape index (κ3) is 3.00. The van der Waals surface area contributed by atoms with E-state index < -0.39 is 15.6 Å². The predicted octanol–water partition coefficient (Wildman–Crippen LogP) is 7.90. The topological polar surface area (TPSA) is 120 Å². The molecule has 8 heteroatoms. The quantitative estimate of drug-likeness (QED) is 0.163. The lowest BCUT2D eigenvalue weighted by molar-refractivity contribution is -0.386. The Hall–Kier alpha value is -6.02. The van der Waals surface area contributed by atoms with Crippen molar-refractivity contribution < 1.29 is 19.4 Å². The maximum Gasteiger partial charge on any atom is 0.285 e. The molecule has 8 rings (SSSR count). The van der Waals surface area contributed by atoms with E-state index in [0.717, 1.165) is 21.9 Å². The standard InChI is InChI=1S/C34H16N2O6/c37-33-21-9-2-1-8-20(21)26-16-19(14-17-6-3-10-22(33)28(17)26)25-15-18-7-4-11-23-29(18)31(32(25)36(41)42)30-24(34(23)38)12-5-13-27(30)35(39)40/h1-16H. The number of hydrogen-bond donors (Lipinski definition) is 0. The summed E-state index contributed by atoms with van der Waals surface area (Å²) in [6.45, 7) is 0. The summed E-state index contributed by atoms with van der Waals surface area (Å²) < 4.78 is 0. The van der Waals surface area contributed by atoms with Gasteiger partial charge in [0.2, 0.25) is 0 Å². The number of carbonyl (C=O) groups excluding carboxylic acids is 2.